The summed E-state index contributed by atoms with van der Waals surface area (Å²) in [6, 6.07) is 5.42. The van der Waals surface area contributed by atoms with E-state index in [2.05, 4.69) is 16.0 Å². The molecule has 0 aliphatic carbocycles. The van der Waals surface area contributed by atoms with E-state index in [-0.39, 0.29) is 18.8 Å². The summed E-state index contributed by atoms with van der Waals surface area (Å²) in [6.07, 6.45) is 0.689. The van der Waals surface area contributed by atoms with Gasteiger partial charge in [-0.2, -0.15) is 0 Å². The Morgan fingerprint density at radius 1 is 0.732 bits per heavy atom. The molecule has 232 valence electrons. The lowest BCUT2D eigenvalue weighted by Gasteiger charge is -2.29. The normalized spacial score (nSPS) is 15.1. The third-order valence-electron chi connectivity index (χ3n) is 5.02. The molecular weight excluding hydrogens is 550 g/mol. The molecule has 0 heterocycles. The van der Waals surface area contributed by atoms with Gasteiger partial charge in [0.25, 0.3) is 0 Å². The number of rotatable bonds is 12. The minimum atomic E-state index is -1.50. The van der Waals surface area contributed by atoms with Crippen LogP contribution in [0.3, 0.4) is 0 Å². The molecule has 0 bridgehead atoms. The minimum absolute atomic E-state index is 0.107. The molecule has 1 rings (SSSR count). The zero-order valence-corrected chi connectivity index (χ0v) is 26.7. The Morgan fingerprint density at radius 3 is 1.73 bits per heavy atom. The first-order valence-corrected chi connectivity index (χ1v) is 15.2. The van der Waals surface area contributed by atoms with Crippen LogP contribution in [0.1, 0.15) is 67.9 Å². The molecule has 1 aromatic rings. The van der Waals surface area contributed by atoms with Gasteiger partial charge in [-0.3, -0.25) is 13.8 Å². The maximum atomic E-state index is 13.4. The third-order valence-corrected chi connectivity index (χ3v) is 5.82. The lowest BCUT2D eigenvalue weighted by atomic mass is 10.0. The monoisotopic (exact) mass is 597 g/mol. The van der Waals surface area contributed by atoms with E-state index in [4.69, 9.17) is 14.2 Å². The molecule has 11 nitrogen and oxygen atoms in total. The number of carbonyl (C=O) groups is 4. The fraction of sp³-hybridized carbons (Fsp3) is 0.655. The van der Waals surface area contributed by atoms with Gasteiger partial charge in [-0.25, -0.2) is 9.59 Å². The molecule has 1 aromatic carbocycles. The van der Waals surface area contributed by atoms with Crippen molar-refractivity contribution < 1.29 is 37.6 Å². The Kier molecular flexibility index (Phi) is 13.4. The third kappa shape index (κ3) is 16.1. The van der Waals surface area contributed by atoms with Crippen LogP contribution in [0.4, 0.5) is 4.79 Å². The molecule has 41 heavy (non-hydrogen) atoms. The molecule has 12 heteroatoms. The van der Waals surface area contributed by atoms with E-state index in [1.54, 1.807) is 86.6 Å². The lowest BCUT2D eigenvalue weighted by molar-refractivity contribution is -0.162. The first kappa shape index (κ1) is 36.0. The van der Waals surface area contributed by atoms with E-state index in [9.17, 15) is 23.4 Å². The Morgan fingerprint density at radius 2 is 1.24 bits per heavy atom. The number of benzene rings is 1. The van der Waals surface area contributed by atoms with Crippen LogP contribution in [0.25, 0.3) is 0 Å². The van der Waals surface area contributed by atoms with Gasteiger partial charge in [-0.1, -0.05) is 30.3 Å². The average molecular weight is 598 g/mol. The van der Waals surface area contributed by atoms with Gasteiger partial charge in [-0.05, 0) is 67.9 Å². The highest BCUT2D eigenvalue weighted by Crippen LogP contribution is 2.13. The van der Waals surface area contributed by atoms with Gasteiger partial charge in [-0.15, -0.1) is 0 Å². The Bertz CT molecular complexity index is 1060. The fourth-order valence-electron chi connectivity index (χ4n) is 3.35. The van der Waals surface area contributed by atoms with Crippen molar-refractivity contribution in [1.29, 1.82) is 0 Å². The van der Waals surface area contributed by atoms with Crippen LogP contribution in [-0.2, 0) is 45.8 Å². The fourth-order valence-corrected chi connectivity index (χ4v) is 4.05. The molecule has 3 amide bonds. The second-order valence-electron chi connectivity index (χ2n) is 12.7. The van der Waals surface area contributed by atoms with Crippen molar-refractivity contribution in [3.8, 4) is 0 Å². The standard InChI is InChI=1S/C29H47N3O8S/c1-27(2,3)38-17-21(25(35)39-28(4,5)6)30-24(34)22(18-41(10)37)31-23(33)20(16-19-14-12-11-13-15-19)32-26(36)40-29(7,8)9/h11-15,20-22H,16-18H2,1-10H3,(H,30,34)(H,31,33)(H,32,36)/t20-,21-,22-,41?/m0/s1. The van der Waals surface area contributed by atoms with E-state index < -0.39 is 69.6 Å². The summed E-state index contributed by atoms with van der Waals surface area (Å²) in [5.74, 6) is -2.39. The van der Waals surface area contributed by atoms with E-state index in [0.717, 1.165) is 5.56 Å². The zero-order chi connectivity index (χ0) is 31.6. The summed E-state index contributed by atoms with van der Waals surface area (Å²) >= 11 is 0. The molecule has 1 unspecified atom stereocenters. The van der Waals surface area contributed by atoms with Crippen molar-refractivity contribution in [3.05, 3.63) is 35.9 Å². The topological polar surface area (TPSA) is 149 Å². The highest BCUT2D eigenvalue weighted by atomic mass is 32.2. The van der Waals surface area contributed by atoms with Crippen LogP contribution in [0.2, 0.25) is 0 Å². The predicted octanol–water partition coefficient (Wildman–Crippen LogP) is 2.63. The summed E-state index contributed by atoms with van der Waals surface area (Å²) in [4.78, 5) is 52.2. The minimum Gasteiger partial charge on any atom is -0.458 e. The molecule has 0 aliphatic rings. The molecule has 0 saturated heterocycles. The highest BCUT2D eigenvalue weighted by molar-refractivity contribution is 7.84. The summed E-state index contributed by atoms with van der Waals surface area (Å²) in [5, 5.41) is 7.74. The summed E-state index contributed by atoms with van der Waals surface area (Å²) in [6.45, 7) is 15.4. The van der Waals surface area contributed by atoms with E-state index in [0.29, 0.717) is 0 Å². The molecule has 0 spiro atoms. The number of hydrogen-bond donors (Lipinski definition) is 3. The van der Waals surface area contributed by atoms with Gasteiger partial charge < -0.3 is 30.2 Å². The molecule has 0 fully saturated rings. The van der Waals surface area contributed by atoms with Crippen molar-refractivity contribution in [1.82, 2.24) is 16.0 Å². The Labute approximate surface area is 246 Å². The molecule has 0 radical (unpaired) electrons. The zero-order valence-electron chi connectivity index (χ0n) is 25.9. The van der Waals surface area contributed by atoms with Crippen LogP contribution in [0, 0.1) is 0 Å². The largest absolute Gasteiger partial charge is 0.458 e. The summed E-state index contributed by atoms with van der Waals surface area (Å²) in [7, 11) is -1.50. The molecule has 4 atom stereocenters. The maximum Gasteiger partial charge on any atom is 0.408 e. The molecule has 0 aliphatic heterocycles. The number of amides is 3. The number of carbonyl (C=O) groups excluding carboxylic acids is 4. The molecular formula is C29H47N3O8S. The quantitative estimate of drug-likeness (QED) is 0.312. The first-order valence-electron chi connectivity index (χ1n) is 13.5. The van der Waals surface area contributed by atoms with Crippen LogP contribution < -0.4 is 16.0 Å². The number of nitrogens with one attached hydrogen (secondary N) is 3. The smallest absolute Gasteiger partial charge is 0.408 e. The Balaban J connectivity index is 3.20. The average Bonchev–Trinajstić information content (AvgIpc) is 2.78. The van der Waals surface area contributed by atoms with Crippen LogP contribution >= 0.6 is 0 Å². The van der Waals surface area contributed by atoms with Gasteiger partial charge in [0.2, 0.25) is 11.8 Å². The molecule has 0 saturated carbocycles. The SMILES string of the molecule is CS(=O)C[C@H](NC(=O)[C@H](Cc1ccccc1)NC(=O)OC(C)(C)C)C(=O)N[C@@H](COC(C)(C)C)C(=O)OC(C)(C)C. The lowest BCUT2D eigenvalue weighted by Crippen LogP contribution is -2.59. The molecule has 3 N–H and O–H groups in total. The summed E-state index contributed by atoms with van der Waals surface area (Å²) in [5.41, 5.74) is -1.47. The van der Waals surface area contributed by atoms with Gasteiger partial charge in [0.15, 0.2) is 6.04 Å². The van der Waals surface area contributed by atoms with Crippen LogP contribution in [0.5, 0.6) is 0 Å². The molecule has 0 aromatic heterocycles. The summed E-state index contributed by atoms with van der Waals surface area (Å²) < 4.78 is 28.7. The maximum absolute atomic E-state index is 13.4. The van der Waals surface area contributed by atoms with Crippen LogP contribution in [0.15, 0.2) is 30.3 Å². The van der Waals surface area contributed by atoms with Crippen LogP contribution in [-0.4, -0.2) is 81.6 Å². The van der Waals surface area contributed by atoms with Crippen molar-refractivity contribution in [2.24, 2.45) is 0 Å². The van der Waals surface area contributed by atoms with E-state index in [1.165, 1.54) is 6.26 Å². The number of hydrogen-bond acceptors (Lipinski definition) is 8. The highest BCUT2D eigenvalue weighted by Gasteiger charge is 2.33. The number of esters is 1. The van der Waals surface area contributed by atoms with Gasteiger partial charge in [0, 0.05) is 23.5 Å². The van der Waals surface area contributed by atoms with Crippen molar-refractivity contribution in [3.63, 3.8) is 0 Å². The van der Waals surface area contributed by atoms with E-state index in [1.807, 2.05) is 6.07 Å². The predicted molar refractivity (Wildman–Crippen MR) is 158 cm³/mol. The number of ether oxygens (including phenoxy) is 3. The first-order chi connectivity index (χ1) is 18.6. The van der Waals surface area contributed by atoms with Gasteiger partial charge >= 0.3 is 12.1 Å². The second-order valence-corrected chi connectivity index (χ2v) is 14.2. The Hall–Kier alpha value is -2.99. The number of alkyl carbamates (subject to hydrolysis) is 1. The van der Waals surface area contributed by atoms with E-state index >= 15 is 0 Å². The van der Waals surface area contributed by atoms with Crippen molar-refractivity contribution in [2.75, 3.05) is 18.6 Å². The van der Waals surface area contributed by atoms with Crippen molar-refractivity contribution in [2.45, 2.75) is 104 Å². The second kappa shape index (κ2) is 15.3. The van der Waals surface area contributed by atoms with Gasteiger partial charge in [0.05, 0.1) is 18.0 Å². The van der Waals surface area contributed by atoms with Crippen molar-refractivity contribution >= 4 is 34.7 Å². The van der Waals surface area contributed by atoms with Gasteiger partial charge in [0.1, 0.15) is 23.3 Å².